The molecule has 8 heteroatoms. The van der Waals surface area contributed by atoms with Crippen molar-refractivity contribution >= 4 is 5.82 Å². The third-order valence-corrected chi connectivity index (χ3v) is 5.25. The third kappa shape index (κ3) is 3.73. The fourth-order valence-electron chi connectivity index (χ4n) is 3.87. The summed E-state index contributed by atoms with van der Waals surface area (Å²) in [5.74, 6) is 2.06. The first-order valence-electron chi connectivity index (χ1n) is 9.79. The van der Waals surface area contributed by atoms with Crippen LogP contribution in [-0.2, 0) is 5.54 Å². The smallest absolute Gasteiger partial charge is 0.274 e. The second-order valence-electron chi connectivity index (χ2n) is 8.23. The van der Waals surface area contributed by atoms with Crippen LogP contribution in [0.5, 0.6) is 0 Å². The molecule has 0 aromatic carbocycles. The van der Waals surface area contributed by atoms with E-state index >= 15 is 0 Å². The third-order valence-electron chi connectivity index (χ3n) is 5.25. The zero-order chi connectivity index (χ0) is 19.6. The Morgan fingerprint density at radius 2 is 1.93 bits per heavy atom. The van der Waals surface area contributed by atoms with Crippen molar-refractivity contribution in [2.45, 2.75) is 32.4 Å². The zero-order valence-electron chi connectivity index (χ0n) is 16.7. The second kappa shape index (κ2) is 7.63. The number of hydrogen-bond acceptors (Lipinski definition) is 5. The van der Waals surface area contributed by atoms with E-state index in [1.807, 2.05) is 35.4 Å². The van der Waals surface area contributed by atoms with Gasteiger partial charge in [0.15, 0.2) is 6.04 Å². The molecule has 4 heterocycles. The van der Waals surface area contributed by atoms with Crippen LogP contribution in [0.1, 0.15) is 38.2 Å². The number of tetrazole rings is 1. The maximum Gasteiger partial charge on any atom is 0.274 e. The number of quaternary nitrogens is 1. The first-order valence-corrected chi connectivity index (χ1v) is 9.79. The normalized spacial score (nSPS) is 16.9. The summed E-state index contributed by atoms with van der Waals surface area (Å²) in [6.45, 7) is 10.3. The predicted octanol–water partition coefficient (Wildman–Crippen LogP) is 0.132. The standard InChI is InChI=1S/C20H26N8/c1-20(2,3)28-19(23-24-25-28)18(16-7-6-9-21-15-16)27-13-11-26(12-14-27)17-8-4-5-10-22-17/h4-10,15,18H,11-14H2,1-3H3/p+2/t18-/m1/s1. The van der Waals surface area contributed by atoms with Crippen LogP contribution in [-0.4, -0.2) is 51.4 Å². The molecule has 8 nitrogen and oxygen atoms in total. The fraction of sp³-hybridized carbons (Fsp3) is 0.450. The average Bonchev–Trinajstić information content (AvgIpc) is 3.20. The molecule has 1 saturated heterocycles. The van der Waals surface area contributed by atoms with Crippen molar-refractivity contribution in [3.05, 3.63) is 60.3 Å². The molecule has 4 rings (SSSR count). The summed E-state index contributed by atoms with van der Waals surface area (Å²) in [4.78, 5) is 11.6. The van der Waals surface area contributed by atoms with E-state index in [1.165, 1.54) is 10.7 Å². The molecule has 1 aliphatic heterocycles. The molecule has 1 fully saturated rings. The first kappa shape index (κ1) is 18.5. The number of hydrogen-bond donors (Lipinski definition) is 1. The van der Waals surface area contributed by atoms with Gasteiger partial charge in [-0.3, -0.25) is 9.88 Å². The minimum atomic E-state index is -0.181. The van der Waals surface area contributed by atoms with Gasteiger partial charge in [-0.05, 0) is 49.4 Å². The second-order valence-corrected chi connectivity index (χ2v) is 8.23. The number of anilines is 1. The van der Waals surface area contributed by atoms with Gasteiger partial charge in [0.2, 0.25) is 5.82 Å². The number of aromatic amines is 1. The Balaban J connectivity index is 1.62. The quantitative estimate of drug-likeness (QED) is 0.696. The van der Waals surface area contributed by atoms with Crippen LogP contribution in [0, 0.1) is 0 Å². The Bertz CT molecular complexity index is 879. The number of nitrogens with zero attached hydrogens (tertiary/aromatic N) is 6. The highest BCUT2D eigenvalue weighted by Crippen LogP contribution is 2.22. The molecule has 0 saturated carbocycles. The lowest BCUT2D eigenvalue weighted by Gasteiger charge is -2.34. The minimum absolute atomic E-state index is 0.0600. The Morgan fingerprint density at radius 1 is 1.11 bits per heavy atom. The molecule has 0 bridgehead atoms. The van der Waals surface area contributed by atoms with Crippen molar-refractivity contribution in [2.75, 3.05) is 31.1 Å². The Labute approximate surface area is 165 Å². The molecule has 3 aromatic rings. The van der Waals surface area contributed by atoms with Gasteiger partial charge in [0.1, 0.15) is 26.2 Å². The largest absolute Gasteiger partial charge is 0.316 e. The van der Waals surface area contributed by atoms with Crippen molar-refractivity contribution in [1.29, 1.82) is 0 Å². The number of H-pyrrole nitrogens is 1. The molecule has 0 unspecified atom stereocenters. The van der Waals surface area contributed by atoms with Crippen molar-refractivity contribution in [3.63, 3.8) is 0 Å². The highest BCUT2D eigenvalue weighted by atomic mass is 15.6. The van der Waals surface area contributed by atoms with E-state index < -0.39 is 0 Å². The van der Waals surface area contributed by atoms with Crippen LogP contribution in [0.2, 0.25) is 0 Å². The number of piperazine rings is 1. The summed E-state index contributed by atoms with van der Waals surface area (Å²) in [6, 6.07) is 10.4. The molecule has 0 amide bonds. The van der Waals surface area contributed by atoms with Gasteiger partial charge in [0.25, 0.3) is 5.82 Å². The molecule has 3 aromatic heterocycles. The van der Waals surface area contributed by atoms with Crippen molar-refractivity contribution in [3.8, 4) is 0 Å². The van der Waals surface area contributed by atoms with Gasteiger partial charge in [-0.15, -0.1) is 5.10 Å². The van der Waals surface area contributed by atoms with Gasteiger partial charge in [-0.1, -0.05) is 6.07 Å². The van der Waals surface area contributed by atoms with Crippen LogP contribution < -0.4 is 14.8 Å². The SMILES string of the molecule is CC(C)(C)n1nnnc1[C@@H](c1cccnc1)[NH+]1CCN(c2cccc[nH+]2)CC1. The van der Waals surface area contributed by atoms with E-state index in [4.69, 9.17) is 0 Å². The van der Waals surface area contributed by atoms with Crippen LogP contribution >= 0.6 is 0 Å². The Morgan fingerprint density at radius 3 is 2.57 bits per heavy atom. The number of pyridine rings is 2. The first-order chi connectivity index (χ1) is 13.5. The van der Waals surface area contributed by atoms with E-state index in [2.05, 4.69) is 69.4 Å². The zero-order valence-corrected chi connectivity index (χ0v) is 16.7. The number of aromatic nitrogens is 6. The highest BCUT2D eigenvalue weighted by molar-refractivity contribution is 5.32. The maximum absolute atomic E-state index is 4.45. The van der Waals surface area contributed by atoms with Gasteiger partial charge < -0.3 is 4.90 Å². The van der Waals surface area contributed by atoms with Gasteiger partial charge in [-0.2, -0.15) is 0 Å². The van der Waals surface area contributed by atoms with Crippen molar-refractivity contribution < 1.29 is 9.88 Å². The number of nitrogens with one attached hydrogen (secondary N) is 2. The van der Waals surface area contributed by atoms with Gasteiger partial charge in [0, 0.05) is 24.0 Å². The Kier molecular flexibility index (Phi) is 5.04. The topological polar surface area (TPSA) is 78.3 Å². The molecule has 0 aliphatic carbocycles. The summed E-state index contributed by atoms with van der Waals surface area (Å²) in [6.07, 6.45) is 5.73. The molecule has 1 atom stereocenters. The van der Waals surface area contributed by atoms with Crippen LogP contribution in [0.15, 0.2) is 48.9 Å². The summed E-state index contributed by atoms with van der Waals surface area (Å²) in [5, 5.41) is 12.7. The molecular formula is C20H28N8+2. The van der Waals surface area contributed by atoms with E-state index in [-0.39, 0.29) is 11.6 Å². The average molecular weight is 381 g/mol. The lowest BCUT2D eigenvalue weighted by Crippen LogP contribution is -3.15. The van der Waals surface area contributed by atoms with Gasteiger partial charge >= 0.3 is 0 Å². The minimum Gasteiger partial charge on any atom is -0.316 e. The van der Waals surface area contributed by atoms with Crippen LogP contribution in [0.4, 0.5) is 5.82 Å². The number of rotatable bonds is 4. The summed E-state index contributed by atoms with van der Waals surface area (Å²) in [7, 11) is 0. The molecule has 0 radical (unpaired) electrons. The Hall–Kier alpha value is -2.87. The molecule has 1 aliphatic rings. The van der Waals surface area contributed by atoms with Gasteiger partial charge in [-0.25, -0.2) is 9.67 Å². The lowest BCUT2D eigenvalue weighted by molar-refractivity contribution is -0.927. The van der Waals surface area contributed by atoms with Crippen LogP contribution in [0.3, 0.4) is 0 Å². The van der Waals surface area contributed by atoms with Crippen molar-refractivity contribution in [2.24, 2.45) is 0 Å². The highest BCUT2D eigenvalue weighted by Gasteiger charge is 2.38. The fourth-order valence-corrected chi connectivity index (χ4v) is 3.87. The van der Waals surface area contributed by atoms with E-state index in [0.717, 1.165) is 37.6 Å². The molecular weight excluding hydrogens is 352 g/mol. The summed E-state index contributed by atoms with van der Waals surface area (Å²) in [5.41, 5.74) is 0.969. The summed E-state index contributed by atoms with van der Waals surface area (Å²) >= 11 is 0. The van der Waals surface area contributed by atoms with E-state index in [0.29, 0.717) is 0 Å². The van der Waals surface area contributed by atoms with E-state index in [1.54, 1.807) is 0 Å². The molecule has 146 valence electrons. The van der Waals surface area contributed by atoms with Crippen LogP contribution in [0.25, 0.3) is 0 Å². The molecule has 0 spiro atoms. The molecule has 2 N–H and O–H groups in total. The monoisotopic (exact) mass is 380 g/mol. The van der Waals surface area contributed by atoms with Gasteiger partial charge in [0.05, 0.1) is 11.7 Å². The predicted molar refractivity (Wildman–Crippen MR) is 105 cm³/mol. The van der Waals surface area contributed by atoms with Crippen molar-refractivity contribution in [1.82, 2.24) is 25.2 Å². The van der Waals surface area contributed by atoms with E-state index in [9.17, 15) is 0 Å². The maximum atomic E-state index is 4.45. The lowest BCUT2D eigenvalue weighted by atomic mass is 10.0. The molecule has 28 heavy (non-hydrogen) atoms. The summed E-state index contributed by atoms with van der Waals surface area (Å²) < 4.78 is 1.95.